The molecule has 0 atom stereocenters. The fourth-order valence-electron chi connectivity index (χ4n) is 2.02. The van der Waals surface area contributed by atoms with Crippen LogP contribution >= 0.6 is 15.9 Å². The van der Waals surface area contributed by atoms with Gasteiger partial charge in [0.25, 0.3) is 0 Å². The average molecular weight is 327 g/mol. The van der Waals surface area contributed by atoms with Crippen molar-refractivity contribution >= 4 is 21.8 Å². The van der Waals surface area contributed by atoms with Crippen molar-refractivity contribution in [3.05, 3.63) is 34.3 Å². The van der Waals surface area contributed by atoms with Crippen LogP contribution in [0.1, 0.15) is 32.3 Å². The van der Waals surface area contributed by atoms with Crippen LogP contribution in [0.15, 0.2) is 28.7 Å². The van der Waals surface area contributed by atoms with Crippen LogP contribution in [0.25, 0.3) is 0 Å². The van der Waals surface area contributed by atoms with E-state index in [0.29, 0.717) is 6.42 Å². The number of nitrogens with one attached hydrogen (secondary N) is 2. The minimum atomic E-state index is -0.218. The van der Waals surface area contributed by atoms with Crippen LogP contribution in [0, 0.1) is 0 Å². The summed E-state index contributed by atoms with van der Waals surface area (Å²) in [5.41, 5.74) is 1.01. The molecule has 19 heavy (non-hydrogen) atoms. The van der Waals surface area contributed by atoms with Gasteiger partial charge in [0.2, 0.25) is 5.91 Å². The number of hydrogen-bond donors (Lipinski definition) is 2. The lowest BCUT2D eigenvalue weighted by Crippen LogP contribution is -2.45. The first-order valence-corrected chi connectivity index (χ1v) is 7.42. The molecule has 1 aromatic carbocycles. The second-order valence-electron chi connectivity index (χ2n) is 5.44. The van der Waals surface area contributed by atoms with E-state index in [-0.39, 0.29) is 11.4 Å². The van der Waals surface area contributed by atoms with E-state index < -0.39 is 0 Å². The highest BCUT2D eigenvalue weighted by molar-refractivity contribution is 9.10. The highest BCUT2D eigenvalue weighted by atomic mass is 79.9. The van der Waals surface area contributed by atoms with Crippen molar-refractivity contribution in [3.63, 3.8) is 0 Å². The predicted molar refractivity (Wildman–Crippen MR) is 83.2 cm³/mol. The zero-order valence-corrected chi connectivity index (χ0v) is 13.5. The molecule has 3 nitrogen and oxygen atoms in total. The Kier molecular flexibility index (Phi) is 6.52. The third kappa shape index (κ3) is 6.73. The van der Waals surface area contributed by atoms with Gasteiger partial charge in [0.15, 0.2) is 0 Å². The number of benzene rings is 1. The Hall–Kier alpha value is -0.870. The minimum Gasteiger partial charge on any atom is -0.351 e. The molecule has 4 heteroatoms. The van der Waals surface area contributed by atoms with Gasteiger partial charge in [-0.05, 0) is 58.0 Å². The molecule has 0 saturated carbocycles. The highest BCUT2D eigenvalue weighted by Gasteiger charge is 2.20. The van der Waals surface area contributed by atoms with Gasteiger partial charge < -0.3 is 10.6 Å². The lowest BCUT2D eigenvalue weighted by atomic mass is 9.94. The summed E-state index contributed by atoms with van der Waals surface area (Å²) >= 11 is 3.42. The molecule has 0 bridgehead atoms. The molecular weight excluding hydrogens is 304 g/mol. The number of carbonyl (C=O) groups is 1. The number of amides is 1. The Bertz CT molecular complexity index is 401. The molecule has 1 aromatic rings. The molecule has 0 aliphatic rings. The van der Waals surface area contributed by atoms with Gasteiger partial charge in [-0.25, -0.2) is 0 Å². The Balaban J connectivity index is 2.46. The quantitative estimate of drug-likeness (QED) is 0.756. The molecule has 0 saturated heterocycles. The molecule has 106 valence electrons. The van der Waals surface area contributed by atoms with Gasteiger partial charge in [-0.1, -0.05) is 28.1 Å². The molecule has 0 unspecified atom stereocenters. The largest absolute Gasteiger partial charge is 0.351 e. The van der Waals surface area contributed by atoms with Crippen molar-refractivity contribution < 1.29 is 4.79 Å². The first kappa shape index (κ1) is 16.2. The molecule has 0 spiro atoms. The first-order valence-electron chi connectivity index (χ1n) is 6.63. The van der Waals surface area contributed by atoms with Crippen LogP contribution in [-0.4, -0.2) is 25.0 Å². The van der Waals surface area contributed by atoms with E-state index in [1.165, 1.54) is 5.56 Å². The summed E-state index contributed by atoms with van der Waals surface area (Å²) in [5.74, 6) is 0.123. The Labute approximate surface area is 124 Å². The number of carbonyl (C=O) groups excluding carboxylic acids is 1. The molecule has 0 radical (unpaired) electrons. The van der Waals surface area contributed by atoms with E-state index in [4.69, 9.17) is 0 Å². The van der Waals surface area contributed by atoms with Gasteiger partial charge in [-0.3, -0.25) is 4.79 Å². The molecule has 0 aromatic heterocycles. The second-order valence-corrected chi connectivity index (χ2v) is 6.36. The molecule has 0 heterocycles. The van der Waals surface area contributed by atoms with Crippen LogP contribution < -0.4 is 10.6 Å². The summed E-state index contributed by atoms with van der Waals surface area (Å²) in [5, 5.41) is 6.15. The number of rotatable bonds is 7. The molecule has 1 amide bonds. The maximum Gasteiger partial charge on any atom is 0.220 e. The monoisotopic (exact) mass is 326 g/mol. The average Bonchev–Trinajstić information content (AvgIpc) is 2.31. The number of halogens is 1. The van der Waals surface area contributed by atoms with Crippen LogP contribution in [0.4, 0.5) is 0 Å². The summed E-state index contributed by atoms with van der Waals surface area (Å²) in [6.45, 7) is 5.00. The lowest BCUT2D eigenvalue weighted by Gasteiger charge is -2.26. The third-order valence-electron chi connectivity index (χ3n) is 2.87. The third-order valence-corrected chi connectivity index (χ3v) is 3.40. The normalized spacial score (nSPS) is 11.4. The van der Waals surface area contributed by atoms with Crippen molar-refractivity contribution in [1.29, 1.82) is 0 Å². The fourth-order valence-corrected chi connectivity index (χ4v) is 2.29. The second kappa shape index (κ2) is 7.65. The van der Waals surface area contributed by atoms with Crippen LogP contribution in [0.2, 0.25) is 0 Å². The summed E-state index contributed by atoms with van der Waals surface area (Å²) in [4.78, 5) is 11.8. The topological polar surface area (TPSA) is 41.1 Å². The fraction of sp³-hybridized carbons (Fsp3) is 0.533. The molecule has 2 N–H and O–H groups in total. The Morgan fingerprint density at radius 2 is 1.89 bits per heavy atom. The van der Waals surface area contributed by atoms with E-state index >= 15 is 0 Å². The van der Waals surface area contributed by atoms with Gasteiger partial charge in [-0.2, -0.15) is 0 Å². The minimum absolute atomic E-state index is 0.123. The maximum atomic E-state index is 11.8. The summed E-state index contributed by atoms with van der Waals surface area (Å²) in [6.07, 6.45) is 2.28. The van der Waals surface area contributed by atoms with Crippen LogP contribution in [0.3, 0.4) is 0 Å². The first-order chi connectivity index (χ1) is 8.93. The summed E-state index contributed by atoms with van der Waals surface area (Å²) in [6, 6.07) is 8.22. The van der Waals surface area contributed by atoms with Gasteiger partial charge in [0.1, 0.15) is 0 Å². The standard InChI is InChI=1S/C15H23BrN2O/c1-15(2,18-14(19)5-4-10-17-3)11-12-6-8-13(16)9-7-12/h6-9,17H,4-5,10-11H2,1-3H3,(H,18,19). The zero-order valence-electron chi connectivity index (χ0n) is 11.9. The van der Waals surface area contributed by atoms with Gasteiger partial charge in [0, 0.05) is 16.4 Å². The molecule has 0 aliphatic heterocycles. The highest BCUT2D eigenvalue weighted by Crippen LogP contribution is 2.16. The van der Waals surface area contributed by atoms with Crippen molar-refractivity contribution in [2.45, 2.75) is 38.6 Å². The van der Waals surface area contributed by atoms with Crippen molar-refractivity contribution in [1.82, 2.24) is 10.6 Å². The molecule has 0 fully saturated rings. The molecule has 1 rings (SSSR count). The number of hydrogen-bond acceptors (Lipinski definition) is 2. The maximum absolute atomic E-state index is 11.8. The zero-order chi connectivity index (χ0) is 14.3. The van der Waals surface area contributed by atoms with Gasteiger partial charge in [-0.15, -0.1) is 0 Å². The van der Waals surface area contributed by atoms with Crippen LogP contribution in [0.5, 0.6) is 0 Å². The van der Waals surface area contributed by atoms with Gasteiger partial charge in [0.05, 0.1) is 0 Å². The lowest BCUT2D eigenvalue weighted by molar-refractivity contribution is -0.122. The van der Waals surface area contributed by atoms with E-state index in [2.05, 4.69) is 52.5 Å². The summed E-state index contributed by atoms with van der Waals surface area (Å²) < 4.78 is 1.07. The van der Waals surface area contributed by atoms with Crippen molar-refractivity contribution in [3.8, 4) is 0 Å². The summed E-state index contributed by atoms with van der Waals surface area (Å²) in [7, 11) is 1.90. The molecular formula is C15H23BrN2O. The predicted octanol–water partition coefficient (Wildman–Crippen LogP) is 2.89. The van der Waals surface area contributed by atoms with Gasteiger partial charge >= 0.3 is 0 Å². The van der Waals surface area contributed by atoms with E-state index in [1.54, 1.807) is 0 Å². The smallest absolute Gasteiger partial charge is 0.220 e. The van der Waals surface area contributed by atoms with Crippen molar-refractivity contribution in [2.75, 3.05) is 13.6 Å². The van der Waals surface area contributed by atoms with Crippen molar-refractivity contribution in [2.24, 2.45) is 0 Å². The van der Waals surface area contributed by atoms with Crippen LogP contribution in [-0.2, 0) is 11.2 Å². The van der Waals surface area contributed by atoms with E-state index in [9.17, 15) is 4.79 Å². The van der Waals surface area contributed by atoms with E-state index in [0.717, 1.165) is 23.9 Å². The Morgan fingerprint density at radius 3 is 2.47 bits per heavy atom. The SMILES string of the molecule is CNCCCC(=O)NC(C)(C)Cc1ccc(Br)cc1. The Morgan fingerprint density at radius 1 is 1.26 bits per heavy atom. The molecule has 0 aliphatic carbocycles. The van der Waals surface area contributed by atoms with E-state index in [1.807, 2.05) is 19.2 Å².